The first kappa shape index (κ1) is 18.1. The molecule has 0 aliphatic rings. The van der Waals surface area contributed by atoms with Crippen molar-refractivity contribution in [2.45, 2.75) is 52.4 Å². The van der Waals surface area contributed by atoms with Gasteiger partial charge in [-0.05, 0) is 47.9 Å². The number of carbonyl (C=O) groups excluding carboxylic acids is 1. The van der Waals surface area contributed by atoms with Crippen LogP contribution in [-0.4, -0.2) is 6.16 Å². The van der Waals surface area contributed by atoms with E-state index in [4.69, 9.17) is 9.47 Å². The Bertz CT molecular complexity index is 621. The van der Waals surface area contributed by atoms with Crippen molar-refractivity contribution in [2.24, 2.45) is 0 Å². The maximum atomic E-state index is 12.3. The van der Waals surface area contributed by atoms with E-state index in [-0.39, 0.29) is 0 Å². The second-order valence-corrected chi connectivity index (χ2v) is 6.15. The fraction of sp³-hybridized carbons (Fsp3) is 0.381. The Labute approximate surface area is 144 Å². The van der Waals surface area contributed by atoms with Gasteiger partial charge in [0.2, 0.25) is 0 Å². The van der Waals surface area contributed by atoms with Crippen molar-refractivity contribution in [3.8, 4) is 11.5 Å². The molecular weight excluding hydrogens is 300 g/mol. The average Bonchev–Trinajstić information content (AvgIpc) is 2.61. The van der Waals surface area contributed by atoms with E-state index in [0.29, 0.717) is 23.3 Å². The van der Waals surface area contributed by atoms with E-state index in [1.54, 1.807) is 0 Å². The molecule has 0 N–H and O–H groups in total. The van der Waals surface area contributed by atoms with Crippen LogP contribution in [0.2, 0.25) is 0 Å². The van der Waals surface area contributed by atoms with Crippen molar-refractivity contribution >= 4 is 6.16 Å². The van der Waals surface area contributed by atoms with Crippen LogP contribution in [0.25, 0.3) is 0 Å². The average molecular weight is 326 g/mol. The number of rotatable bonds is 6. The Morgan fingerprint density at radius 2 is 1.17 bits per heavy atom. The van der Waals surface area contributed by atoms with E-state index >= 15 is 0 Å². The van der Waals surface area contributed by atoms with E-state index in [2.05, 4.69) is 27.7 Å². The van der Waals surface area contributed by atoms with Crippen LogP contribution in [0.1, 0.15) is 63.5 Å². The van der Waals surface area contributed by atoms with Gasteiger partial charge >= 0.3 is 6.16 Å². The van der Waals surface area contributed by atoms with Crippen LogP contribution in [-0.2, 0) is 0 Å². The molecule has 0 saturated carbocycles. The quantitative estimate of drug-likeness (QED) is 0.462. The summed E-state index contributed by atoms with van der Waals surface area (Å²) >= 11 is 0. The van der Waals surface area contributed by atoms with Gasteiger partial charge in [-0.1, -0.05) is 64.1 Å². The molecule has 0 aromatic heterocycles. The number of benzene rings is 2. The first-order chi connectivity index (χ1) is 11.6. The molecule has 128 valence electrons. The molecule has 0 heterocycles. The van der Waals surface area contributed by atoms with Gasteiger partial charge < -0.3 is 9.47 Å². The topological polar surface area (TPSA) is 35.5 Å². The smallest absolute Gasteiger partial charge is 0.394 e. The molecule has 2 atom stereocenters. The normalized spacial score (nSPS) is 13.2. The van der Waals surface area contributed by atoms with Gasteiger partial charge in [0.1, 0.15) is 11.5 Å². The molecule has 3 nitrogen and oxygen atoms in total. The Hall–Kier alpha value is -2.29. The highest BCUT2D eigenvalue weighted by Crippen LogP contribution is 2.31. The Morgan fingerprint density at radius 1 is 0.792 bits per heavy atom. The highest BCUT2D eigenvalue weighted by molar-refractivity contribution is 5.68. The summed E-state index contributed by atoms with van der Waals surface area (Å²) in [5.41, 5.74) is 2.04. The predicted molar refractivity (Wildman–Crippen MR) is 96.9 cm³/mol. The highest BCUT2D eigenvalue weighted by Gasteiger charge is 2.17. The summed E-state index contributed by atoms with van der Waals surface area (Å²) in [7, 11) is 0. The minimum absolute atomic E-state index is 0.321. The minimum atomic E-state index is -0.693. The molecule has 2 aromatic rings. The summed E-state index contributed by atoms with van der Waals surface area (Å²) in [6.45, 7) is 8.46. The molecule has 0 amide bonds. The van der Waals surface area contributed by atoms with Crippen LogP contribution in [0.3, 0.4) is 0 Å². The van der Waals surface area contributed by atoms with Crippen LogP contribution in [0, 0.1) is 0 Å². The summed E-state index contributed by atoms with van der Waals surface area (Å²) in [6.07, 6.45) is 1.26. The molecule has 2 unspecified atom stereocenters. The van der Waals surface area contributed by atoms with Gasteiger partial charge in [-0.25, -0.2) is 4.79 Å². The highest BCUT2D eigenvalue weighted by atomic mass is 16.7. The van der Waals surface area contributed by atoms with Crippen LogP contribution in [0.4, 0.5) is 4.79 Å². The molecule has 0 saturated heterocycles. The van der Waals surface area contributed by atoms with E-state index < -0.39 is 6.16 Å². The molecule has 24 heavy (non-hydrogen) atoms. The fourth-order valence-corrected chi connectivity index (χ4v) is 2.60. The molecule has 0 aliphatic heterocycles. The molecule has 0 aliphatic carbocycles. The molecule has 0 fully saturated rings. The van der Waals surface area contributed by atoms with Gasteiger partial charge in [0.15, 0.2) is 0 Å². The van der Waals surface area contributed by atoms with E-state index in [0.717, 1.165) is 24.0 Å². The molecule has 0 bridgehead atoms. The van der Waals surface area contributed by atoms with Crippen LogP contribution in [0.5, 0.6) is 11.5 Å². The third-order valence-electron chi connectivity index (χ3n) is 4.51. The monoisotopic (exact) mass is 326 g/mol. The van der Waals surface area contributed by atoms with Crippen molar-refractivity contribution in [3.63, 3.8) is 0 Å². The number of para-hydroxylation sites is 2. The maximum absolute atomic E-state index is 12.3. The van der Waals surface area contributed by atoms with Crippen LogP contribution >= 0.6 is 0 Å². The van der Waals surface area contributed by atoms with E-state index in [1.807, 2.05) is 48.5 Å². The van der Waals surface area contributed by atoms with Gasteiger partial charge in [0, 0.05) is 0 Å². The summed E-state index contributed by atoms with van der Waals surface area (Å²) < 4.78 is 11.0. The second-order valence-electron chi connectivity index (χ2n) is 6.15. The molecule has 0 spiro atoms. The Morgan fingerprint density at radius 3 is 1.54 bits per heavy atom. The van der Waals surface area contributed by atoms with E-state index in [1.165, 1.54) is 0 Å². The zero-order valence-corrected chi connectivity index (χ0v) is 14.9. The first-order valence-electron chi connectivity index (χ1n) is 8.64. The Balaban J connectivity index is 2.16. The molecule has 2 rings (SSSR count). The zero-order chi connectivity index (χ0) is 17.5. The lowest BCUT2D eigenvalue weighted by atomic mass is 9.98. The number of carbonyl (C=O) groups is 1. The zero-order valence-electron chi connectivity index (χ0n) is 14.9. The first-order valence-corrected chi connectivity index (χ1v) is 8.64. The lowest BCUT2D eigenvalue weighted by Gasteiger charge is -2.16. The molecule has 2 aromatic carbocycles. The van der Waals surface area contributed by atoms with Crippen LogP contribution in [0.15, 0.2) is 48.5 Å². The number of ether oxygens (including phenoxy) is 2. The van der Waals surface area contributed by atoms with Crippen molar-refractivity contribution in [3.05, 3.63) is 59.7 Å². The number of hydrogen-bond donors (Lipinski definition) is 0. The second kappa shape index (κ2) is 8.53. The Kier molecular flexibility index (Phi) is 6.42. The summed E-state index contributed by atoms with van der Waals surface area (Å²) in [5.74, 6) is 1.78. The standard InChI is InChI=1S/C21H26O3/c1-5-15(3)17-11-7-9-13-19(17)23-21(22)24-20-14-10-8-12-18(20)16(4)6-2/h7-16H,5-6H2,1-4H3. The SMILES string of the molecule is CCC(C)c1ccccc1OC(=O)Oc1ccccc1C(C)CC. The van der Waals surface area contributed by atoms with Crippen LogP contribution < -0.4 is 9.47 Å². The van der Waals surface area contributed by atoms with Gasteiger partial charge in [0.05, 0.1) is 0 Å². The fourth-order valence-electron chi connectivity index (χ4n) is 2.60. The summed E-state index contributed by atoms with van der Waals surface area (Å²) in [5, 5.41) is 0. The third-order valence-corrected chi connectivity index (χ3v) is 4.51. The molecular formula is C21H26O3. The van der Waals surface area contributed by atoms with Crippen molar-refractivity contribution in [1.29, 1.82) is 0 Å². The van der Waals surface area contributed by atoms with Crippen molar-refractivity contribution in [1.82, 2.24) is 0 Å². The largest absolute Gasteiger partial charge is 0.519 e. The maximum Gasteiger partial charge on any atom is 0.519 e. The van der Waals surface area contributed by atoms with Gasteiger partial charge in [-0.3, -0.25) is 0 Å². The van der Waals surface area contributed by atoms with Gasteiger partial charge in [0.25, 0.3) is 0 Å². The van der Waals surface area contributed by atoms with Gasteiger partial charge in [-0.2, -0.15) is 0 Å². The predicted octanol–water partition coefficient (Wildman–Crippen LogP) is 6.29. The van der Waals surface area contributed by atoms with Crippen molar-refractivity contribution in [2.75, 3.05) is 0 Å². The lowest BCUT2D eigenvalue weighted by Crippen LogP contribution is -2.16. The van der Waals surface area contributed by atoms with E-state index in [9.17, 15) is 4.79 Å². The molecule has 3 heteroatoms. The molecule has 0 radical (unpaired) electrons. The third kappa shape index (κ3) is 4.38. The van der Waals surface area contributed by atoms with Gasteiger partial charge in [-0.15, -0.1) is 0 Å². The summed E-state index contributed by atoms with van der Waals surface area (Å²) in [6, 6.07) is 15.2. The minimum Gasteiger partial charge on any atom is -0.394 e. The lowest BCUT2D eigenvalue weighted by molar-refractivity contribution is 0.150. The summed E-state index contributed by atoms with van der Waals surface area (Å²) in [4.78, 5) is 12.3. The number of hydrogen-bond acceptors (Lipinski definition) is 3. The van der Waals surface area contributed by atoms with Crippen molar-refractivity contribution < 1.29 is 14.3 Å².